The number of halogens is 3. The van der Waals surface area contributed by atoms with Gasteiger partial charge in [-0.2, -0.15) is 18.4 Å². The molecule has 3 rings (SSSR count). The molecule has 1 amide bonds. The molecule has 11 heteroatoms. The lowest BCUT2D eigenvalue weighted by Gasteiger charge is -2.08. The predicted octanol–water partition coefficient (Wildman–Crippen LogP) is 2.35. The zero-order chi connectivity index (χ0) is 20.3. The molecule has 0 aliphatic carbocycles. The van der Waals surface area contributed by atoms with Crippen LogP contribution in [0.1, 0.15) is 5.56 Å². The molecule has 0 spiro atoms. The van der Waals surface area contributed by atoms with Crippen LogP contribution in [0, 0.1) is 11.3 Å². The van der Waals surface area contributed by atoms with Gasteiger partial charge in [0.2, 0.25) is 5.88 Å². The maximum atomic E-state index is 12.2. The van der Waals surface area contributed by atoms with Gasteiger partial charge in [-0.1, -0.05) is 0 Å². The number of fused-ring (bicyclic) bond motifs is 1. The predicted molar refractivity (Wildman–Crippen MR) is 91.5 cm³/mol. The van der Waals surface area contributed by atoms with E-state index in [2.05, 4.69) is 24.7 Å². The highest BCUT2D eigenvalue weighted by Crippen LogP contribution is 2.24. The van der Waals surface area contributed by atoms with Gasteiger partial charge >= 0.3 is 6.18 Å². The number of aromatic nitrogens is 4. The van der Waals surface area contributed by atoms with Gasteiger partial charge < -0.3 is 15.5 Å². The van der Waals surface area contributed by atoms with Gasteiger partial charge in [-0.15, -0.1) is 0 Å². The van der Waals surface area contributed by atoms with E-state index in [0.717, 1.165) is 0 Å². The number of carbonyl (C=O) groups is 1. The van der Waals surface area contributed by atoms with Crippen molar-refractivity contribution in [3.63, 3.8) is 0 Å². The summed E-state index contributed by atoms with van der Waals surface area (Å²) in [6, 6.07) is 4.47. The van der Waals surface area contributed by atoms with Crippen LogP contribution in [0.25, 0.3) is 28.5 Å². The van der Waals surface area contributed by atoms with Crippen molar-refractivity contribution < 1.29 is 22.7 Å². The molecule has 0 saturated carbocycles. The number of hydrogen-bond donors (Lipinski definition) is 2. The fraction of sp³-hybridized carbons (Fsp3) is 0.118. The van der Waals surface area contributed by atoms with Gasteiger partial charge in [0.25, 0.3) is 5.91 Å². The first kappa shape index (κ1) is 18.8. The Bertz CT molecular complexity index is 1100. The Hall–Kier alpha value is -3.94. The van der Waals surface area contributed by atoms with Crippen molar-refractivity contribution in [2.24, 2.45) is 5.73 Å². The normalized spacial score (nSPS) is 12.0. The van der Waals surface area contributed by atoms with Crippen molar-refractivity contribution in [3.8, 4) is 23.2 Å². The van der Waals surface area contributed by atoms with E-state index in [0.29, 0.717) is 28.0 Å². The number of pyridine rings is 1. The number of nitrogens with one attached hydrogen (secondary N) is 1. The summed E-state index contributed by atoms with van der Waals surface area (Å²) in [6.45, 7) is -1.44. The number of primary amides is 1. The number of H-pyrrole nitrogens is 1. The second kappa shape index (κ2) is 7.36. The maximum absolute atomic E-state index is 12.2. The smallest absolute Gasteiger partial charge is 0.422 e. The molecule has 0 fully saturated rings. The standard InChI is InChI=1S/C17H11F3N6O2/c18-17(19,20)8-28-13-2-1-9(5-23-13)12-7-25-16-14(26-12)11(6-24-16)3-10(4-21)15(22)27/h1-3,5-7H,8H2,(H2,22,27)(H,24,25)/b10-3+. The third-order valence-electron chi connectivity index (χ3n) is 3.51. The number of amides is 1. The molecule has 0 aliphatic rings. The van der Waals surface area contributed by atoms with Crippen LogP contribution in [0.5, 0.6) is 5.88 Å². The van der Waals surface area contributed by atoms with Crippen LogP contribution in [-0.4, -0.2) is 38.6 Å². The Kier molecular flexibility index (Phi) is 4.95. The second-order valence-corrected chi connectivity index (χ2v) is 5.52. The summed E-state index contributed by atoms with van der Waals surface area (Å²) < 4.78 is 41.1. The average Bonchev–Trinajstić information content (AvgIpc) is 3.06. The molecule has 3 aromatic heterocycles. The number of aromatic amines is 1. The largest absolute Gasteiger partial charge is 0.468 e. The fourth-order valence-electron chi connectivity index (χ4n) is 2.25. The van der Waals surface area contributed by atoms with Crippen LogP contribution in [-0.2, 0) is 4.79 Å². The van der Waals surface area contributed by atoms with Gasteiger partial charge in [0.15, 0.2) is 12.3 Å². The molecule has 3 N–H and O–H groups in total. The maximum Gasteiger partial charge on any atom is 0.422 e. The molecule has 0 aromatic carbocycles. The number of hydrogen-bond acceptors (Lipinski definition) is 6. The van der Waals surface area contributed by atoms with Gasteiger partial charge in [-0.3, -0.25) is 4.79 Å². The summed E-state index contributed by atoms with van der Waals surface area (Å²) >= 11 is 0. The van der Waals surface area contributed by atoms with Crippen molar-refractivity contribution in [1.29, 1.82) is 5.26 Å². The quantitative estimate of drug-likeness (QED) is 0.510. The minimum absolute atomic E-state index is 0.180. The van der Waals surface area contributed by atoms with Gasteiger partial charge in [0, 0.05) is 29.6 Å². The van der Waals surface area contributed by atoms with Crippen LogP contribution in [0.3, 0.4) is 0 Å². The SMILES string of the molecule is N#C/C(=C\c1c[nH]c2ncc(-c3ccc(OCC(F)(F)F)nc3)nc12)C(N)=O. The van der Waals surface area contributed by atoms with Crippen molar-refractivity contribution in [1.82, 2.24) is 19.9 Å². The minimum Gasteiger partial charge on any atom is -0.468 e. The molecular formula is C17H11F3N6O2. The summed E-state index contributed by atoms with van der Waals surface area (Å²) in [6.07, 6.45) is 1.09. The first-order valence-corrected chi connectivity index (χ1v) is 7.68. The Morgan fingerprint density at radius 1 is 1.32 bits per heavy atom. The summed E-state index contributed by atoms with van der Waals surface area (Å²) in [5.41, 5.74) is 6.97. The molecule has 142 valence electrons. The van der Waals surface area contributed by atoms with Crippen molar-refractivity contribution in [3.05, 3.63) is 41.9 Å². The molecule has 0 aliphatic heterocycles. The van der Waals surface area contributed by atoms with Crippen LogP contribution in [0.4, 0.5) is 13.2 Å². The Balaban J connectivity index is 1.91. The van der Waals surface area contributed by atoms with E-state index in [-0.39, 0.29) is 11.5 Å². The summed E-state index contributed by atoms with van der Waals surface area (Å²) in [7, 11) is 0. The van der Waals surface area contributed by atoms with Crippen molar-refractivity contribution in [2.45, 2.75) is 6.18 Å². The molecular weight excluding hydrogens is 377 g/mol. The highest BCUT2D eigenvalue weighted by atomic mass is 19.4. The Morgan fingerprint density at radius 3 is 2.71 bits per heavy atom. The zero-order valence-electron chi connectivity index (χ0n) is 14.0. The lowest BCUT2D eigenvalue weighted by molar-refractivity contribution is -0.154. The van der Waals surface area contributed by atoms with Crippen LogP contribution >= 0.6 is 0 Å². The molecule has 3 heterocycles. The van der Waals surface area contributed by atoms with Gasteiger partial charge in [-0.25, -0.2) is 15.0 Å². The first-order valence-electron chi connectivity index (χ1n) is 7.68. The van der Waals surface area contributed by atoms with E-state index in [1.165, 1.54) is 36.8 Å². The highest BCUT2D eigenvalue weighted by molar-refractivity contribution is 6.02. The molecule has 0 radical (unpaired) electrons. The molecule has 0 atom stereocenters. The number of nitriles is 1. The van der Waals surface area contributed by atoms with Crippen molar-refractivity contribution in [2.75, 3.05) is 6.61 Å². The second-order valence-electron chi connectivity index (χ2n) is 5.52. The van der Waals surface area contributed by atoms with Crippen LogP contribution in [0.2, 0.25) is 0 Å². The molecule has 0 saturated heterocycles. The molecule has 0 unspecified atom stereocenters. The van der Waals surface area contributed by atoms with E-state index in [1.807, 2.05) is 0 Å². The number of nitrogens with two attached hydrogens (primary N) is 1. The number of ether oxygens (including phenoxy) is 1. The number of nitrogens with zero attached hydrogens (tertiary/aromatic N) is 4. The number of rotatable bonds is 5. The first-order chi connectivity index (χ1) is 13.3. The lowest BCUT2D eigenvalue weighted by Crippen LogP contribution is -2.19. The summed E-state index contributed by atoms with van der Waals surface area (Å²) in [4.78, 5) is 26.5. The number of carbonyl (C=O) groups excluding carboxylic acids is 1. The number of alkyl halides is 3. The van der Waals surface area contributed by atoms with E-state index >= 15 is 0 Å². The van der Waals surface area contributed by atoms with Gasteiger partial charge in [0.1, 0.15) is 17.2 Å². The van der Waals surface area contributed by atoms with Crippen LogP contribution < -0.4 is 10.5 Å². The topological polar surface area (TPSA) is 131 Å². The fourth-order valence-corrected chi connectivity index (χ4v) is 2.25. The minimum atomic E-state index is -4.46. The molecule has 0 bridgehead atoms. The van der Waals surface area contributed by atoms with E-state index in [4.69, 9.17) is 11.0 Å². The van der Waals surface area contributed by atoms with E-state index in [9.17, 15) is 18.0 Å². The monoisotopic (exact) mass is 388 g/mol. The Labute approximate surface area is 155 Å². The van der Waals surface area contributed by atoms with Gasteiger partial charge in [0.05, 0.1) is 11.9 Å². The lowest BCUT2D eigenvalue weighted by atomic mass is 10.1. The third kappa shape index (κ3) is 4.24. The summed E-state index contributed by atoms with van der Waals surface area (Å²) in [5.74, 6) is -1.06. The van der Waals surface area contributed by atoms with Gasteiger partial charge in [-0.05, 0) is 12.1 Å². The van der Waals surface area contributed by atoms with E-state index < -0.39 is 18.7 Å². The van der Waals surface area contributed by atoms with Crippen LogP contribution in [0.15, 0.2) is 36.3 Å². The molecule has 28 heavy (non-hydrogen) atoms. The van der Waals surface area contributed by atoms with E-state index in [1.54, 1.807) is 6.07 Å². The third-order valence-corrected chi connectivity index (χ3v) is 3.51. The molecule has 8 nitrogen and oxygen atoms in total. The summed E-state index contributed by atoms with van der Waals surface area (Å²) in [5, 5.41) is 8.96. The van der Waals surface area contributed by atoms with Crippen molar-refractivity contribution >= 4 is 23.1 Å². The molecule has 3 aromatic rings. The zero-order valence-corrected chi connectivity index (χ0v) is 14.0. The highest BCUT2D eigenvalue weighted by Gasteiger charge is 2.28. The Morgan fingerprint density at radius 2 is 2.11 bits per heavy atom. The average molecular weight is 388 g/mol.